The number of hydrogen-bond donors (Lipinski definition) is 0. The van der Waals surface area contributed by atoms with Gasteiger partial charge in [-0.15, -0.1) is 0 Å². The first kappa shape index (κ1) is 8.08. The van der Waals surface area contributed by atoms with Gasteiger partial charge in [0.2, 0.25) is 0 Å². The van der Waals surface area contributed by atoms with Crippen LogP contribution < -0.4 is 18.9 Å². The van der Waals surface area contributed by atoms with E-state index >= 15 is 0 Å². The molecule has 0 aliphatic heterocycles. The summed E-state index contributed by atoms with van der Waals surface area (Å²) in [6.45, 7) is 4.18. The third-order valence-electron chi connectivity index (χ3n) is 1.12. The molecule has 0 aromatic heterocycles. The maximum atomic E-state index is 3.19. The largest absolute Gasteiger partial charge is 1.00 e. The molecule has 0 nitrogen and oxygen atoms in total. The molecule has 0 saturated carbocycles. The van der Waals surface area contributed by atoms with Gasteiger partial charge in [-0.3, -0.25) is 6.08 Å². The molecule has 0 heterocycles. The summed E-state index contributed by atoms with van der Waals surface area (Å²) >= 11 is 0. The second-order valence-corrected chi connectivity index (χ2v) is 2.00. The summed E-state index contributed by atoms with van der Waals surface area (Å²) in [5, 5.41) is 0. The molecule has 1 rings (SSSR count). The molecule has 0 bridgehead atoms. The first-order valence-electron chi connectivity index (χ1n) is 2.55. The average molecular weight is 100 g/mol. The Morgan fingerprint density at radius 3 is 2.25 bits per heavy atom. The SMILES string of the molecule is CC1=[C-]C(C)=CC1.[Li+]. The third kappa shape index (κ3) is 1.90. The molecule has 0 radical (unpaired) electrons. The van der Waals surface area contributed by atoms with E-state index in [4.69, 9.17) is 0 Å². The van der Waals surface area contributed by atoms with Crippen molar-refractivity contribution in [1.29, 1.82) is 0 Å². The smallest absolute Gasteiger partial charge is 0.250 e. The van der Waals surface area contributed by atoms with E-state index in [1.54, 1.807) is 0 Å². The molecule has 0 N–H and O–H groups in total. The molecule has 0 saturated heterocycles. The molecule has 0 aromatic rings. The Hall–Kier alpha value is 0.0774. The predicted molar refractivity (Wildman–Crippen MR) is 30.8 cm³/mol. The topological polar surface area (TPSA) is 0 Å². The Kier molecular flexibility index (Phi) is 3.20. The predicted octanol–water partition coefficient (Wildman–Crippen LogP) is -0.910. The molecule has 1 aliphatic carbocycles. The van der Waals surface area contributed by atoms with E-state index in [2.05, 4.69) is 26.0 Å². The minimum atomic E-state index is 0. The minimum Gasteiger partial charge on any atom is -0.250 e. The summed E-state index contributed by atoms with van der Waals surface area (Å²) < 4.78 is 0. The zero-order chi connectivity index (χ0) is 5.28. The molecule has 8 heavy (non-hydrogen) atoms. The van der Waals surface area contributed by atoms with Crippen molar-refractivity contribution in [2.24, 2.45) is 0 Å². The zero-order valence-electron chi connectivity index (χ0n) is 5.78. The fourth-order valence-corrected chi connectivity index (χ4v) is 0.745. The van der Waals surface area contributed by atoms with Crippen LogP contribution in [0.1, 0.15) is 20.3 Å². The number of rotatable bonds is 0. The molecule has 0 amide bonds. The van der Waals surface area contributed by atoms with Crippen LogP contribution in [0, 0.1) is 6.08 Å². The van der Waals surface area contributed by atoms with E-state index in [0.717, 1.165) is 6.42 Å². The van der Waals surface area contributed by atoms with E-state index in [9.17, 15) is 0 Å². The van der Waals surface area contributed by atoms with Crippen molar-refractivity contribution in [1.82, 2.24) is 0 Å². The summed E-state index contributed by atoms with van der Waals surface area (Å²) in [5.74, 6) is 0. The monoisotopic (exact) mass is 100 g/mol. The average Bonchev–Trinajstić information content (AvgIpc) is 1.87. The summed E-state index contributed by atoms with van der Waals surface area (Å²) in [5.41, 5.74) is 2.65. The molecule has 0 spiro atoms. The Bertz CT molecular complexity index is 131. The third-order valence-corrected chi connectivity index (χ3v) is 1.12. The van der Waals surface area contributed by atoms with Gasteiger partial charge in [-0.05, 0) is 0 Å². The molecule has 1 heteroatoms. The van der Waals surface area contributed by atoms with Gasteiger partial charge in [0.15, 0.2) is 0 Å². The maximum absolute atomic E-state index is 3.19. The van der Waals surface area contributed by atoms with Crippen LogP contribution in [0.5, 0.6) is 0 Å². The van der Waals surface area contributed by atoms with Gasteiger partial charge in [-0.2, -0.15) is 5.57 Å². The van der Waals surface area contributed by atoms with Gasteiger partial charge in [-0.1, -0.05) is 20.3 Å². The summed E-state index contributed by atoms with van der Waals surface area (Å²) in [6.07, 6.45) is 6.50. The van der Waals surface area contributed by atoms with Crippen LogP contribution >= 0.6 is 0 Å². The molecular formula is C7H9Li. The molecule has 0 fully saturated rings. The van der Waals surface area contributed by atoms with E-state index in [-0.39, 0.29) is 18.9 Å². The molecule has 0 atom stereocenters. The minimum absolute atomic E-state index is 0. The molecule has 0 unspecified atom stereocenters. The van der Waals surface area contributed by atoms with Crippen molar-refractivity contribution < 1.29 is 18.9 Å². The fourth-order valence-electron chi connectivity index (χ4n) is 0.745. The van der Waals surface area contributed by atoms with Crippen molar-refractivity contribution in [2.45, 2.75) is 20.3 Å². The van der Waals surface area contributed by atoms with E-state index in [0.29, 0.717) is 0 Å². The Morgan fingerprint density at radius 1 is 1.50 bits per heavy atom. The maximum Gasteiger partial charge on any atom is 1.00 e. The second-order valence-electron chi connectivity index (χ2n) is 2.00. The van der Waals surface area contributed by atoms with Gasteiger partial charge >= 0.3 is 18.9 Å². The van der Waals surface area contributed by atoms with Crippen molar-refractivity contribution in [3.05, 3.63) is 23.3 Å². The normalized spacial score (nSPS) is 16.8. The van der Waals surface area contributed by atoms with Gasteiger partial charge < -0.3 is 0 Å². The molecule has 1 aliphatic rings. The Labute approximate surface area is 62.8 Å². The summed E-state index contributed by atoms with van der Waals surface area (Å²) in [4.78, 5) is 0. The van der Waals surface area contributed by atoms with Crippen molar-refractivity contribution in [3.63, 3.8) is 0 Å². The van der Waals surface area contributed by atoms with Crippen molar-refractivity contribution in [2.75, 3.05) is 0 Å². The van der Waals surface area contributed by atoms with Crippen LogP contribution in [-0.2, 0) is 0 Å². The Balaban J connectivity index is 0.000000490. The number of hydrogen-bond acceptors (Lipinski definition) is 0. The van der Waals surface area contributed by atoms with Crippen LogP contribution in [-0.4, -0.2) is 0 Å². The first-order valence-corrected chi connectivity index (χ1v) is 2.55. The van der Waals surface area contributed by atoms with E-state index < -0.39 is 0 Å². The van der Waals surface area contributed by atoms with Gasteiger partial charge in [0.1, 0.15) is 0 Å². The van der Waals surface area contributed by atoms with E-state index in [1.807, 2.05) is 0 Å². The van der Waals surface area contributed by atoms with E-state index in [1.165, 1.54) is 11.1 Å². The van der Waals surface area contributed by atoms with Gasteiger partial charge in [0.05, 0.1) is 0 Å². The van der Waals surface area contributed by atoms with Crippen LogP contribution in [0.3, 0.4) is 0 Å². The van der Waals surface area contributed by atoms with Crippen LogP contribution in [0.25, 0.3) is 0 Å². The summed E-state index contributed by atoms with van der Waals surface area (Å²) in [7, 11) is 0. The van der Waals surface area contributed by atoms with Gasteiger partial charge in [0.25, 0.3) is 0 Å². The zero-order valence-corrected chi connectivity index (χ0v) is 5.78. The standard InChI is InChI=1S/C7H9.Li/c1-6-3-4-7(2)5-6;/h3H,4H2,1-2H3;/q-1;+1. The molecule has 0 aromatic carbocycles. The first-order chi connectivity index (χ1) is 3.29. The fraction of sp³-hybridized carbons (Fsp3) is 0.429. The van der Waals surface area contributed by atoms with Crippen LogP contribution in [0.2, 0.25) is 0 Å². The van der Waals surface area contributed by atoms with Crippen molar-refractivity contribution >= 4 is 0 Å². The molecule has 38 valence electrons. The van der Waals surface area contributed by atoms with Crippen molar-refractivity contribution in [3.8, 4) is 0 Å². The quantitative estimate of drug-likeness (QED) is 0.273. The Morgan fingerprint density at radius 2 is 2.12 bits per heavy atom. The second kappa shape index (κ2) is 3.17. The van der Waals surface area contributed by atoms with Gasteiger partial charge in [-0.25, -0.2) is 11.6 Å². The number of allylic oxidation sites excluding steroid dienone is 4. The summed E-state index contributed by atoms with van der Waals surface area (Å²) in [6, 6.07) is 0. The van der Waals surface area contributed by atoms with Crippen LogP contribution in [0.4, 0.5) is 0 Å². The molecular weight excluding hydrogens is 91.0 g/mol. The van der Waals surface area contributed by atoms with Crippen LogP contribution in [0.15, 0.2) is 17.2 Å². The van der Waals surface area contributed by atoms with Gasteiger partial charge in [0, 0.05) is 0 Å².